The van der Waals surface area contributed by atoms with Crippen LogP contribution >= 0.6 is 0 Å². The van der Waals surface area contributed by atoms with Crippen molar-refractivity contribution >= 4 is 23.3 Å². The van der Waals surface area contributed by atoms with Crippen molar-refractivity contribution in [1.82, 2.24) is 5.32 Å². The molecule has 0 bridgehead atoms. The van der Waals surface area contributed by atoms with Gasteiger partial charge in [0.05, 0.1) is 22.5 Å². The van der Waals surface area contributed by atoms with E-state index >= 15 is 0 Å². The molecule has 11 nitrogen and oxygen atoms in total. The molecular formula is C15H14F3N3O8. The van der Waals surface area contributed by atoms with E-state index in [1.165, 1.54) is 12.2 Å². The molecule has 0 aromatic heterocycles. The standard InChI is InChI=1S/C15H14F3N3O8/c1-2-29-13(23)12-9(6-11(22)19-14(12,24)15(16,17)18)8-4-3-7(20(25)26)5-10(8)21(27)28/h3-5,9,12,24H,2,6H2,1H3,(H,19,22). The number of benzene rings is 1. The third-order valence-corrected chi connectivity index (χ3v) is 4.38. The minimum Gasteiger partial charge on any atom is -0.466 e. The Labute approximate surface area is 159 Å². The van der Waals surface area contributed by atoms with Crippen molar-refractivity contribution < 1.29 is 42.5 Å². The van der Waals surface area contributed by atoms with Gasteiger partial charge in [0.25, 0.3) is 11.4 Å². The number of ether oxygens (including phenoxy) is 1. The highest BCUT2D eigenvalue weighted by Gasteiger charge is 2.67. The Balaban J connectivity index is 2.73. The molecule has 3 atom stereocenters. The van der Waals surface area contributed by atoms with Crippen LogP contribution in [0.15, 0.2) is 18.2 Å². The molecule has 1 aromatic carbocycles. The number of nitrogens with one attached hydrogen (secondary N) is 1. The van der Waals surface area contributed by atoms with Gasteiger partial charge in [-0.05, 0) is 13.0 Å². The molecule has 0 aliphatic carbocycles. The Hall–Kier alpha value is -3.29. The summed E-state index contributed by atoms with van der Waals surface area (Å²) in [5.74, 6) is -7.20. The first kappa shape index (κ1) is 22.0. The lowest BCUT2D eigenvalue weighted by Crippen LogP contribution is -2.69. The molecular weight excluding hydrogens is 407 g/mol. The number of nitro benzene ring substituents is 2. The van der Waals surface area contributed by atoms with Crippen LogP contribution in [0.4, 0.5) is 24.5 Å². The van der Waals surface area contributed by atoms with E-state index < -0.39 is 68.8 Å². The first-order valence-corrected chi connectivity index (χ1v) is 8.03. The first-order valence-electron chi connectivity index (χ1n) is 8.03. The van der Waals surface area contributed by atoms with Gasteiger partial charge in [0, 0.05) is 24.0 Å². The molecule has 158 valence electrons. The second-order valence-corrected chi connectivity index (χ2v) is 6.11. The van der Waals surface area contributed by atoms with Gasteiger partial charge in [-0.25, -0.2) is 0 Å². The van der Waals surface area contributed by atoms with Gasteiger partial charge in [0.15, 0.2) is 0 Å². The fourth-order valence-electron chi connectivity index (χ4n) is 3.17. The quantitative estimate of drug-likeness (QED) is 0.411. The second kappa shape index (κ2) is 7.62. The lowest BCUT2D eigenvalue weighted by atomic mass is 9.73. The number of piperidine rings is 1. The van der Waals surface area contributed by atoms with E-state index in [9.17, 15) is 48.1 Å². The van der Waals surface area contributed by atoms with E-state index in [0.717, 1.165) is 12.1 Å². The molecule has 1 aromatic rings. The lowest BCUT2D eigenvalue weighted by molar-refractivity contribution is -0.394. The Morgan fingerprint density at radius 3 is 2.45 bits per heavy atom. The van der Waals surface area contributed by atoms with Crippen molar-refractivity contribution in [2.45, 2.75) is 31.2 Å². The largest absolute Gasteiger partial charge is 0.466 e. The number of carbonyl (C=O) groups is 2. The highest BCUT2D eigenvalue weighted by molar-refractivity contribution is 5.85. The van der Waals surface area contributed by atoms with E-state index in [0.29, 0.717) is 6.07 Å². The number of carbonyl (C=O) groups excluding carboxylic acids is 2. The number of hydrogen-bond donors (Lipinski definition) is 2. The molecule has 0 saturated carbocycles. The van der Waals surface area contributed by atoms with Gasteiger partial charge in [0.1, 0.15) is 5.92 Å². The van der Waals surface area contributed by atoms with Crippen LogP contribution in [0.1, 0.15) is 24.8 Å². The number of amides is 1. The fraction of sp³-hybridized carbons (Fsp3) is 0.467. The molecule has 29 heavy (non-hydrogen) atoms. The Morgan fingerprint density at radius 2 is 1.97 bits per heavy atom. The maximum absolute atomic E-state index is 13.6. The summed E-state index contributed by atoms with van der Waals surface area (Å²) in [4.78, 5) is 44.4. The molecule has 1 aliphatic heterocycles. The van der Waals surface area contributed by atoms with Crippen LogP contribution in [0.3, 0.4) is 0 Å². The summed E-state index contributed by atoms with van der Waals surface area (Å²) < 4.78 is 45.3. The topological polar surface area (TPSA) is 162 Å². The lowest BCUT2D eigenvalue weighted by Gasteiger charge is -2.43. The van der Waals surface area contributed by atoms with E-state index in [2.05, 4.69) is 4.74 Å². The SMILES string of the molecule is CCOC(=O)C1C(c2ccc([N+](=O)[O-])cc2[N+](=O)[O-])CC(=O)NC1(O)C(F)(F)F. The van der Waals surface area contributed by atoms with Crippen molar-refractivity contribution in [1.29, 1.82) is 0 Å². The molecule has 2 N–H and O–H groups in total. The molecule has 1 saturated heterocycles. The van der Waals surface area contributed by atoms with E-state index in [4.69, 9.17) is 0 Å². The third kappa shape index (κ3) is 3.96. The average molecular weight is 421 g/mol. The second-order valence-electron chi connectivity index (χ2n) is 6.11. The monoisotopic (exact) mass is 421 g/mol. The summed E-state index contributed by atoms with van der Waals surface area (Å²) in [5.41, 5.74) is -6.32. The van der Waals surface area contributed by atoms with Crippen LogP contribution in [0, 0.1) is 26.1 Å². The zero-order valence-electron chi connectivity index (χ0n) is 14.6. The smallest absolute Gasteiger partial charge is 0.437 e. The summed E-state index contributed by atoms with van der Waals surface area (Å²) in [6, 6.07) is 2.06. The number of nitrogens with zero attached hydrogens (tertiary/aromatic N) is 2. The summed E-state index contributed by atoms with van der Waals surface area (Å²) >= 11 is 0. The fourth-order valence-corrected chi connectivity index (χ4v) is 3.17. The number of halogens is 3. The predicted octanol–water partition coefficient (Wildman–Crippen LogP) is 1.54. The Morgan fingerprint density at radius 1 is 1.34 bits per heavy atom. The molecule has 1 heterocycles. The average Bonchev–Trinajstić information content (AvgIpc) is 2.59. The number of alkyl halides is 3. The molecule has 1 aliphatic rings. The van der Waals surface area contributed by atoms with Gasteiger partial charge in [-0.1, -0.05) is 0 Å². The van der Waals surface area contributed by atoms with Crippen LogP contribution in [-0.2, 0) is 14.3 Å². The number of esters is 1. The predicted molar refractivity (Wildman–Crippen MR) is 86.4 cm³/mol. The Kier molecular flexibility index (Phi) is 5.78. The van der Waals surface area contributed by atoms with Crippen LogP contribution in [-0.4, -0.2) is 45.3 Å². The minimum absolute atomic E-state index is 0.369. The molecule has 0 spiro atoms. The van der Waals surface area contributed by atoms with Gasteiger partial charge in [-0.2, -0.15) is 13.2 Å². The van der Waals surface area contributed by atoms with Crippen molar-refractivity contribution in [3.8, 4) is 0 Å². The summed E-state index contributed by atoms with van der Waals surface area (Å²) in [5, 5.41) is 33.7. The van der Waals surface area contributed by atoms with Gasteiger partial charge in [-0.15, -0.1) is 0 Å². The summed E-state index contributed by atoms with van der Waals surface area (Å²) in [7, 11) is 0. The number of rotatable bonds is 5. The molecule has 3 unspecified atom stereocenters. The van der Waals surface area contributed by atoms with Crippen LogP contribution in [0.5, 0.6) is 0 Å². The molecule has 1 fully saturated rings. The normalized spacial score (nSPS) is 24.5. The van der Waals surface area contributed by atoms with Gasteiger partial charge in [-0.3, -0.25) is 29.8 Å². The maximum atomic E-state index is 13.6. The van der Waals surface area contributed by atoms with Gasteiger partial charge in [0.2, 0.25) is 11.6 Å². The zero-order valence-corrected chi connectivity index (χ0v) is 14.6. The number of non-ortho nitro benzene ring substituents is 1. The van der Waals surface area contributed by atoms with Gasteiger partial charge >= 0.3 is 12.1 Å². The molecule has 0 radical (unpaired) electrons. The summed E-state index contributed by atoms with van der Waals surface area (Å²) in [6.45, 7) is 0.918. The van der Waals surface area contributed by atoms with Crippen molar-refractivity contribution in [3.05, 3.63) is 44.0 Å². The number of nitro groups is 2. The Bertz CT molecular complexity index is 875. The zero-order chi connectivity index (χ0) is 22.1. The third-order valence-electron chi connectivity index (χ3n) is 4.38. The maximum Gasteiger partial charge on any atom is 0.437 e. The van der Waals surface area contributed by atoms with E-state index in [1.807, 2.05) is 0 Å². The highest BCUT2D eigenvalue weighted by atomic mass is 19.4. The first-order chi connectivity index (χ1) is 13.3. The number of aliphatic hydroxyl groups is 1. The van der Waals surface area contributed by atoms with Crippen molar-refractivity contribution in [2.75, 3.05) is 6.61 Å². The van der Waals surface area contributed by atoms with E-state index in [1.54, 1.807) is 0 Å². The molecule has 1 amide bonds. The van der Waals surface area contributed by atoms with Crippen LogP contribution in [0.2, 0.25) is 0 Å². The summed E-state index contributed by atoms with van der Waals surface area (Å²) in [6.07, 6.45) is -6.37. The van der Waals surface area contributed by atoms with Crippen molar-refractivity contribution in [3.63, 3.8) is 0 Å². The van der Waals surface area contributed by atoms with Crippen LogP contribution in [0.25, 0.3) is 0 Å². The van der Waals surface area contributed by atoms with Crippen LogP contribution < -0.4 is 5.32 Å². The molecule has 2 rings (SSSR count). The van der Waals surface area contributed by atoms with Gasteiger partial charge < -0.3 is 15.2 Å². The highest BCUT2D eigenvalue weighted by Crippen LogP contribution is 2.48. The van der Waals surface area contributed by atoms with E-state index in [-0.39, 0.29) is 6.61 Å². The minimum atomic E-state index is -5.53. The number of hydrogen-bond acceptors (Lipinski definition) is 8. The molecule has 14 heteroatoms. The van der Waals surface area contributed by atoms with Crippen molar-refractivity contribution in [2.24, 2.45) is 5.92 Å².